The van der Waals surface area contributed by atoms with Gasteiger partial charge in [0.2, 0.25) is 0 Å². The van der Waals surface area contributed by atoms with Gasteiger partial charge in [0.1, 0.15) is 6.61 Å². The first-order valence-corrected chi connectivity index (χ1v) is 7.71. The van der Waals surface area contributed by atoms with Gasteiger partial charge in [-0.3, -0.25) is 4.79 Å². The van der Waals surface area contributed by atoms with Gasteiger partial charge in [-0.15, -0.1) is 0 Å². The first-order valence-electron chi connectivity index (χ1n) is 7.71. The number of ether oxygens (including phenoxy) is 4. The largest absolute Gasteiger partial charge is 0.493 e. The minimum atomic E-state index is -0.191. The molecule has 1 saturated heterocycles. The molecule has 1 unspecified atom stereocenters. The molecular formula is C17H24O5. The lowest BCUT2D eigenvalue weighted by molar-refractivity contribution is -0.149. The molecule has 0 amide bonds. The molecule has 0 N–H and O–H groups in total. The smallest absolute Gasteiger partial charge is 0.306 e. The van der Waals surface area contributed by atoms with Gasteiger partial charge in [-0.1, -0.05) is 6.07 Å². The fourth-order valence-corrected chi connectivity index (χ4v) is 2.48. The molecule has 0 bridgehead atoms. The third-order valence-electron chi connectivity index (χ3n) is 3.77. The molecule has 1 aliphatic heterocycles. The molecule has 0 spiro atoms. The third kappa shape index (κ3) is 4.91. The normalized spacial score (nSPS) is 17.8. The predicted molar refractivity (Wildman–Crippen MR) is 82.4 cm³/mol. The zero-order chi connectivity index (χ0) is 15.8. The Morgan fingerprint density at radius 3 is 2.73 bits per heavy atom. The Balaban J connectivity index is 1.75. The van der Waals surface area contributed by atoms with Crippen molar-refractivity contribution in [1.29, 1.82) is 0 Å². The molecule has 1 aromatic carbocycles. The van der Waals surface area contributed by atoms with Crippen LogP contribution in [0.3, 0.4) is 0 Å². The highest BCUT2D eigenvalue weighted by atomic mass is 16.6. The lowest BCUT2D eigenvalue weighted by Crippen LogP contribution is -2.26. The topological polar surface area (TPSA) is 54.0 Å². The summed E-state index contributed by atoms with van der Waals surface area (Å²) < 4.78 is 21.3. The Hall–Kier alpha value is -1.75. The molecule has 22 heavy (non-hydrogen) atoms. The molecule has 1 atom stereocenters. The summed E-state index contributed by atoms with van der Waals surface area (Å²) in [7, 11) is 3.20. The summed E-state index contributed by atoms with van der Waals surface area (Å²) in [4.78, 5) is 11.8. The Labute approximate surface area is 131 Å². The van der Waals surface area contributed by atoms with Crippen molar-refractivity contribution >= 4 is 5.97 Å². The fourth-order valence-electron chi connectivity index (χ4n) is 2.48. The highest BCUT2D eigenvalue weighted by Crippen LogP contribution is 2.28. The van der Waals surface area contributed by atoms with Crippen molar-refractivity contribution < 1.29 is 23.7 Å². The second kappa shape index (κ2) is 8.63. The van der Waals surface area contributed by atoms with Crippen molar-refractivity contribution in [3.05, 3.63) is 23.8 Å². The van der Waals surface area contributed by atoms with Crippen LogP contribution < -0.4 is 9.47 Å². The molecule has 1 aliphatic rings. The number of hydrogen-bond acceptors (Lipinski definition) is 5. The van der Waals surface area contributed by atoms with E-state index in [1.54, 1.807) is 14.2 Å². The Morgan fingerprint density at radius 1 is 1.23 bits per heavy atom. The van der Waals surface area contributed by atoms with Crippen LogP contribution in [0.4, 0.5) is 0 Å². The lowest BCUT2D eigenvalue weighted by atomic mass is 10.1. The van der Waals surface area contributed by atoms with Crippen LogP contribution in [-0.2, 0) is 20.7 Å². The minimum Gasteiger partial charge on any atom is -0.493 e. The molecule has 0 aliphatic carbocycles. The van der Waals surface area contributed by atoms with Crippen LogP contribution in [0, 0.1) is 0 Å². The zero-order valence-corrected chi connectivity index (χ0v) is 13.3. The van der Waals surface area contributed by atoms with E-state index in [0.717, 1.165) is 31.4 Å². The molecule has 2 rings (SSSR count). The summed E-state index contributed by atoms with van der Waals surface area (Å²) in [5.74, 6) is 1.16. The van der Waals surface area contributed by atoms with Gasteiger partial charge >= 0.3 is 5.97 Å². The summed E-state index contributed by atoms with van der Waals surface area (Å²) >= 11 is 0. The molecule has 1 fully saturated rings. The Morgan fingerprint density at radius 2 is 2.05 bits per heavy atom. The third-order valence-corrected chi connectivity index (χ3v) is 3.77. The van der Waals surface area contributed by atoms with Crippen LogP contribution >= 0.6 is 0 Å². The molecule has 1 aromatic rings. The predicted octanol–water partition coefficient (Wildman–Crippen LogP) is 2.75. The van der Waals surface area contributed by atoms with Gasteiger partial charge in [0.15, 0.2) is 11.5 Å². The van der Waals surface area contributed by atoms with E-state index in [0.29, 0.717) is 30.9 Å². The number of carbonyl (C=O) groups excluding carboxylic acids is 1. The number of methoxy groups -OCH3 is 2. The van der Waals surface area contributed by atoms with Gasteiger partial charge in [-0.2, -0.15) is 0 Å². The van der Waals surface area contributed by atoms with Crippen LogP contribution in [0.1, 0.15) is 31.2 Å². The van der Waals surface area contributed by atoms with Crippen LogP contribution in [0.25, 0.3) is 0 Å². The maximum absolute atomic E-state index is 11.8. The summed E-state index contributed by atoms with van der Waals surface area (Å²) in [6.45, 7) is 1.14. The quantitative estimate of drug-likeness (QED) is 0.725. The molecule has 0 radical (unpaired) electrons. The van der Waals surface area contributed by atoms with Crippen molar-refractivity contribution in [2.45, 2.75) is 38.2 Å². The summed E-state index contributed by atoms with van der Waals surface area (Å²) in [6.07, 6.45) is 4.26. The van der Waals surface area contributed by atoms with Gasteiger partial charge in [-0.05, 0) is 43.4 Å². The maximum atomic E-state index is 11.8. The van der Waals surface area contributed by atoms with Gasteiger partial charge in [0, 0.05) is 13.0 Å². The number of hydrogen-bond donors (Lipinski definition) is 0. The van der Waals surface area contributed by atoms with Gasteiger partial charge in [0.05, 0.1) is 20.3 Å². The zero-order valence-electron chi connectivity index (χ0n) is 13.3. The van der Waals surface area contributed by atoms with Crippen LogP contribution in [-0.4, -0.2) is 39.5 Å². The molecule has 5 heteroatoms. The summed E-state index contributed by atoms with van der Waals surface area (Å²) in [5, 5.41) is 0. The van der Waals surface area contributed by atoms with Crippen LogP contribution in [0.2, 0.25) is 0 Å². The van der Waals surface area contributed by atoms with E-state index in [1.165, 1.54) is 0 Å². The SMILES string of the molecule is COc1ccc(CCC(=O)OCC2CCCCO2)cc1OC. The summed E-state index contributed by atoms with van der Waals surface area (Å²) in [5.41, 5.74) is 1.02. The molecule has 0 saturated carbocycles. The average Bonchev–Trinajstić information content (AvgIpc) is 2.58. The summed E-state index contributed by atoms with van der Waals surface area (Å²) in [6, 6.07) is 5.66. The second-order valence-corrected chi connectivity index (χ2v) is 5.36. The maximum Gasteiger partial charge on any atom is 0.306 e. The first-order chi connectivity index (χ1) is 10.7. The van der Waals surface area contributed by atoms with E-state index < -0.39 is 0 Å². The highest BCUT2D eigenvalue weighted by Gasteiger charge is 2.16. The molecule has 5 nitrogen and oxygen atoms in total. The second-order valence-electron chi connectivity index (χ2n) is 5.36. The van der Waals surface area contributed by atoms with E-state index >= 15 is 0 Å². The molecule has 1 heterocycles. The molecule has 122 valence electrons. The van der Waals surface area contributed by atoms with E-state index in [-0.39, 0.29) is 12.1 Å². The number of carbonyl (C=O) groups is 1. The minimum absolute atomic E-state index is 0.0683. The number of aryl methyl sites for hydroxylation is 1. The van der Waals surface area contributed by atoms with Crippen molar-refractivity contribution in [1.82, 2.24) is 0 Å². The molecular weight excluding hydrogens is 284 g/mol. The van der Waals surface area contributed by atoms with Crippen molar-refractivity contribution in [3.8, 4) is 11.5 Å². The Bertz CT molecular complexity index is 480. The van der Waals surface area contributed by atoms with Gasteiger partial charge in [0.25, 0.3) is 0 Å². The van der Waals surface area contributed by atoms with E-state index in [4.69, 9.17) is 18.9 Å². The van der Waals surface area contributed by atoms with E-state index in [2.05, 4.69) is 0 Å². The Kier molecular flexibility index (Phi) is 6.52. The highest BCUT2D eigenvalue weighted by molar-refractivity contribution is 5.69. The first kappa shape index (κ1) is 16.6. The monoisotopic (exact) mass is 308 g/mol. The molecule has 0 aromatic heterocycles. The van der Waals surface area contributed by atoms with E-state index in [9.17, 15) is 4.79 Å². The van der Waals surface area contributed by atoms with Crippen LogP contribution in [0.5, 0.6) is 11.5 Å². The van der Waals surface area contributed by atoms with Gasteiger partial charge < -0.3 is 18.9 Å². The average molecular weight is 308 g/mol. The van der Waals surface area contributed by atoms with Crippen molar-refractivity contribution in [2.24, 2.45) is 0 Å². The number of rotatable bonds is 7. The fraction of sp³-hybridized carbons (Fsp3) is 0.588. The van der Waals surface area contributed by atoms with Gasteiger partial charge in [-0.25, -0.2) is 0 Å². The van der Waals surface area contributed by atoms with E-state index in [1.807, 2.05) is 18.2 Å². The van der Waals surface area contributed by atoms with Crippen molar-refractivity contribution in [3.63, 3.8) is 0 Å². The van der Waals surface area contributed by atoms with Crippen LogP contribution in [0.15, 0.2) is 18.2 Å². The lowest BCUT2D eigenvalue weighted by Gasteiger charge is -2.22. The number of benzene rings is 1. The number of esters is 1. The standard InChI is InChI=1S/C17H24O5/c1-19-15-8-6-13(11-16(15)20-2)7-9-17(18)22-12-14-5-3-4-10-21-14/h6,8,11,14H,3-5,7,9-10,12H2,1-2H3. The van der Waals surface area contributed by atoms with Crippen molar-refractivity contribution in [2.75, 3.05) is 27.4 Å².